The van der Waals surface area contributed by atoms with Crippen molar-refractivity contribution in [3.8, 4) is 0 Å². The Balaban J connectivity index is 2.41. The monoisotopic (exact) mass is 215 g/mol. The molecule has 1 unspecified atom stereocenters. The van der Waals surface area contributed by atoms with E-state index in [1.165, 1.54) is 0 Å². The van der Waals surface area contributed by atoms with Gasteiger partial charge in [0.25, 0.3) is 0 Å². The number of hydrogen-bond acceptors (Lipinski definition) is 3. The Labute approximate surface area is 89.0 Å². The van der Waals surface area contributed by atoms with Gasteiger partial charge in [0, 0.05) is 20.2 Å². The van der Waals surface area contributed by atoms with E-state index in [4.69, 9.17) is 9.84 Å². The molecule has 1 rings (SSSR count). The number of ether oxygens (including phenoxy) is 1. The molecule has 1 heterocycles. The predicted molar refractivity (Wildman–Crippen MR) is 53.4 cm³/mol. The molecule has 1 saturated heterocycles. The lowest BCUT2D eigenvalue weighted by Crippen LogP contribution is -2.42. The van der Waals surface area contributed by atoms with Crippen molar-refractivity contribution in [2.75, 3.05) is 26.8 Å². The smallest absolute Gasteiger partial charge is 0.308 e. The van der Waals surface area contributed by atoms with Gasteiger partial charge in [-0.3, -0.25) is 9.59 Å². The molecule has 1 N–H and O–H groups in total. The van der Waals surface area contributed by atoms with Crippen LogP contribution < -0.4 is 0 Å². The summed E-state index contributed by atoms with van der Waals surface area (Å²) in [5.74, 6) is -1.22. The number of carboxylic acid groups (broad SMARTS) is 1. The van der Waals surface area contributed by atoms with Gasteiger partial charge in [0.05, 0.1) is 18.9 Å². The van der Waals surface area contributed by atoms with E-state index in [0.29, 0.717) is 32.5 Å². The van der Waals surface area contributed by atoms with Crippen molar-refractivity contribution in [3.05, 3.63) is 0 Å². The van der Waals surface area contributed by atoms with Crippen molar-refractivity contribution in [3.63, 3.8) is 0 Å². The maximum Gasteiger partial charge on any atom is 0.308 e. The molecule has 1 amide bonds. The van der Waals surface area contributed by atoms with E-state index in [0.717, 1.165) is 6.42 Å². The quantitative estimate of drug-likeness (QED) is 0.734. The van der Waals surface area contributed by atoms with Crippen LogP contribution >= 0.6 is 0 Å². The summed E-state index contributed by atoms with van der Waals surface area (Å²) in [7, 11) is 1.55. The maximum absolute atomic E-state index is 11.6. The highest BCUT2D eigenvalue weighted by molar-refractivity contribution is 5.78. The van der Waals surface area contributed by atoms with E-state index in [1.54, 1.807) is 12.0 Å². The predicted octanol–water partition coefficient (Wildman–Crippen LogP) is 0.346. The van der Waals surface area contributed by atoms with Gasteiger partial charge >= 0.3 is 5.97 Å². The average Bonchev–Trinajstić information content (AvgIpc) is 2.26. The molecule has 1 aliphatic heterocycles. The largest absolute Gasteiger partial charge is 0.481 e. The summed E-state index contributed by atoms with van der Waals surface area (Å²) >= 11 is 0. The molecule has 0 aromatic carbocycles. The zero-order chi connectivity index (χ0) is 11.3. The Morgan fingerprint density at radius 3 is 2.87 bits per heavy atom. The molecule has 86 valence electrons. The maximum atomic E-state index is 11.6. The molecule has 0 radical (unpaired) electrons. The number of methoxy groups -OCH3 is 1. The summed E-state index contributed by atoms with van der Waals surface area (Å²) in [6.45, 7) is 1.41. The lowest BCUT2D eigenvalue weighted by molar-refractivity contribution is -0.145. The Kier molecular flexibility index (Phi) is 4.55. The van der Waals surface area contributed by atoms with Crippen molar-refractivity contribution < 1.29 is 19.4 Å². The SMILES string of the molecule is COCCC(=O)N1CCCC(C(=O)O)C1. The van der Waals surface area contributed by atoms with Crippen LogP contribution in [-0.2, 0) is 14.3 Å². The molecule has 0 bridgehead atoms. The topological polar surface area (TPSA) is 66.8 Å². The number of likely N-dealkylation sites (tertiary alicyclic amines) is 1. The molecule has 1 atom stereocenters. The summed E-state index contributed by atoms with van der Waals surface area (Å²) in [4.78, 5) is 24.0. The van der Waals surface area contributed by atoms with Gasteiger partial charge in [-0.1, -0.05) is 0 Å². The molecule has 0 aliphatic carbocycles. The minimum Gasteiger partial charge on any atom is -0.481 e. The van der Waals surface area contributed by atoms with Crippen LogP contribution in [-0.4, -0.2) is 48.7 Å². The summed E-state index contributed by atoms with van der Waals surface area (Å²) in [5, 5.41) is 8.85. The second-order valence-electron chi connectivity index (χ2n) is 3.76. The van der Waals surface area contributed by atoms with E-state index in [-0.39, 0.29) is 5.91 Å². The third-order valence-corrected chi connectivity index (χ3v) is 2.64. The molecule has 15 heavy (non-hydrogen) atoms. The van der Waals surface area contributed by atoms with Crippen LogP contribution in [0.2, 0.25) is 0 Å². The van der Waals surface area contributed by atoms with Crippen LogP contribution in [0.15, 0.2) is 0 Å². The number of piperidine rings is 1. The Bertz CT molecular complexity index is 242. The van der Waals surface area contributed by atoms with Gasteiger partial charge in [-0.15, -0.1) is 0 Å². The van der Waals surface area contributed by atoms with Gasteiger partial charge in [-0.2, -0.15) is 0 Å². The average molecular weight is 215 g/mol. The number of amides is 1. The second-order valence-corrected chi connectivity index (χ2v) is 3.76. The highest BCUT2D eigenvalue weighted by atomic mass is 16.5. The minimum absolute atomic E-state index is 0.0113. The number of rotatable bonds is 4. The molecule has 0 aromatic heterocycles. The number of carboxylic acids is 1. The van der Waals surface area contributed by atoms with E-state index >= 15 is 0 Å². The van der Waals surface area contributed by atoms with Crippen LogP contribution in [0.25, 0.3) is 0 Å². The first-order valence-corrected chi connectivity index (χ1v) is 5.14. The molecule has 0 aromatic rings. The Morgan fingerprint density at radius 1 is 1.53 bits per heavy atom. The Morgan fingerprint density at radius 2 is 2.27 bits per heavy atom. The number of hydrogen-bond donors (Lipinski definition) is 1. The number of aliphatic carboxylic acids is 1. The van der Waals surface area contributed by atoms with Gasteiger partial charge in [-0.25, -0.2) is 0 Å². The fraction of sp³-hybridized carbons (Fsp3) is 0.800. The Hall–Kier alpha value is -1.10. The van der Waals surface area contributed by atoms with Crippen LogP contribution in [0.3, 0.4) is 0 Å². The molecular formula is C10H17NO4. The summed E-state index contributed by atoms with van der Waals surface area (Å²) in [6, 6.07) is 0. The van der Waals surface area contributed by atoms with E-state index in [9.17, 15) is 9.59 Å². The van der Waals surface area contributed by atoms with E-state index in [2.05, 4.69) is 0 Å². The van der Waals surface area contributed by atoms with Crippen LogP contribution in [0, 0.1) is 5.92 Å². The summed E-state index contributed by atoms with van der Waals surface area (Å²) < 4.78 is 4.81. The van der Waals surface area contributed by atoms with Crippen molar-refractivity contribution in [2.24, 2.45) is 5.92 Å². The van der Waals surface area contributed by atoms with Crippen molar-refractivity contribution in [1.82, 2.24) is 4.90 Å². The number of carbonyl (C=O) groups is 2. The molecular weight excluding hydrogens is 198 g/mol. The first-order chi connectivity index (χ1) is 7.15. The minimum atomic E-state index is -0.806. The summed E-state index contributed by atoms with van der Waals surface area (Å²) in [5.41, 5.74) is 0. The van der Waals surface area contributed by atoms with Crippen LogP contribution in [0.1, 0.15) is 19.3 Å². The second kappa shape index (κ2) is 5.70. The van der Waals surface area contributed by atoms with Gasteiger partial charge < -0.3 is 14.7 Å². The fourth-order valence-electron chi connectivity index (χ4n) is 1.75. The number of carbonyl (C=O) groups excluding carboxylic acids is 1. The number of nitrogens with zero attached hydrogens (tertiary/aromatic N) is 1. The highest BCUT2D eigenvalue weighted by Gasteiger charge is 2.27. The van der Waals surface area contributed by atoms with Crippen molar-refractivity contribution >= 4 is 11.9 Å². The summed E-state index contributed by atoms with van der Waals surface area (Å²) in [6.07, 6.45) is 1.78. The third kappa shape index (κ3) is 3.51. The molecule has 1 fully saturated rings. The third-order valence-electron chi connectivity index (χ3n) is 2.64. The van der Waals surface area contributed by atoms with Gasteiger partial charge in [0.2, 0.25) is 5.91 Å². The van der Waals surface area contributed by atoms with Crippen LogP contribution in [0.5, 0.6) is 0 Å². The van der Waals surface area contributed by atoms with Crippen molar-refractivity contribution in [1.29, 1.82) is 0 Å². The van der Waals surface area contributed by atoms with Gasteiger partial charge in [0.15, 0.2) is 0 Å². The van der Waals surface area contributed by atoms with Gasteiger partial charge in [-0.05, 0) is 12.8 Å². The first-order valence-electron chi connectivity index (χ1n) is 5.14. The first kappa shape index (κ1) is 12.0. The molecule has 5 nitrogen and oxygen atoms in total. The fourth-order valence-corrected chi connectivity index (χ4v) is 1.75. The van der Waals surface area contributed by atoms with E-state index < -0.39 is 11.9 Å². The van der Waals surface area contributed by atoms with E-state index in [1.807, 2.05) is 0 Å². The van der Waals surface area contributed by atoms with Crippen molar-refractivity contribution in [2.45, 2.75) is 19.3 Å². The highest BCUT2D eigenvalue weighted by Crippen LogP contribution is 2.17. The lowest BCUT2D eigenvalue weighted by atomic mass is 9.98. The van der Waals surface area contributed by atoms with Crippen LogP contribution in [0.4, 0.5) is 0 Å². The zero-order valence-electron chi connectivity index (χ0n) is 8.94. The van der Waals surface area contributed by atoms with Gasteiger partial charge in [0.1, 0.15) is 0 Å². The molecule has 5 heteroatoms. The lowest BCUT2D eigenvalue weighted by Gasteiger charge is -2.30. The zero-order valence-corrected chi connectivity index (χ0v) is 8.94. The normalized spacial score (nSPS) is 21.4. The molecule has 0 spiro atoms. The standard InChI is InChI=1S/C10H17NO4/c1-15-6-4-9(12)11-5-2-3-8(7-11)10(13)14/h8H,2-7H2,1H3,(H,13,14). The molecule has 0 saturated carbocycles. The molecule has 1 aliphatic rings.